The van der Waals surface area contributed by atoms with Gasteiger partial charge in [-0.2, -0.15) is 5.10 Å². The van der Waals surface area contributed by atoms with Gasteiger partial charge in [0, 0.05) is 18.8 Å². The predicted molar refractivity (Wildman–Crippen MR) is 74.8 cm³/mol. The van der Waals surface area contributed by atoms with Crippen molar-refractivity contribution < 1.29 is 9.90 Å². The molecule has 0 radical (unpaired) electrons. The minimum absolute atomic E-state index is 0.266. The van der Waals surface area contributed by atoms with Gasteiger partial charge in [0.05, 0.1) is 6.20 Å². The molecule has 6 heteroatoms. The summed E-state index contributed by atoms with van der Waals surface area (Å²) in [5, 5.41) is 13.7. The van der Waals surface area contributed by atoms with Crippen LogP contribution in [0.2, 0.25) is 0 Å². The number of hydrogen-bond acceptors (Lipinski definition) is 4. The summed E-state index contributed by atoms with van der Waals surface area (Å²) in [5.74, 6) is -0.0805. The van der Waals surface area contributed by atoms with Crippen LogP contribution in [0.5, 0.6) is 0 Å². The van der Waals surface area contributed by atoms with Crippen molar-refractivity contribution in [3.8, 4) is 0 Å². The average molecular weight is 274 g/mol. The van der Waals surface area contributed by atoms with Gasteiger partial charge in [-0.25, -0.2) is 14.3 Å². The van der Waals surface area contributed by atoms with Crippen LogP contribution in [0.4, 0.5) is 5.82 Å². The van der Waals surface area contributed by atoms with E-state index in [0.717, 1.165) is 25.0 Å². The number of hydrogen-bond donors (Lipinski definition) is 1. The highest BCUT2D eigenvalue weighted by Crippen LogP contribution is 2.37. The van der Waals surface area contributed by atoms with E-state index in [0.29, 0.717) is 5.82 Å². The summed E-state index contributed by atoms with van der Waals surface area (Å²) in [6.07, 6.45) is 5.39. The second kappa shape index (κ2) is 4.47. The molecule has 2 aromatic rings. The molecule has 0 bridgehead atoms. The molecule has 1 atom stereocenters. The van der Waals surface area contributed by atoms with Crippen LogP contribution in [0.1, 0.15) is 26.7 Å². The van der Waals surface area contributed by atoms with Gasteiger partial charge < -0.3 is 10.0 Å². The molecule has 0 saturated carbocycles. The van der Waals surface area contributed by atoms with Gasteiger partial charge in [0.1, 0.15) is 11.9 Å². The molecule has 0 amide bonds. The summed E-state index contributed by atoms with van der Waals surface area (Å²) in [4.78, 5) is 18.1. The molecular weight excluding hydrogens is 256 g/mol. The van der Waals surface area contributed by atoms with E-state index in [1.807, 2.05) is 37.1 Å². The highest BCUT2D eigenvalue weighted by atomic mass is 16.4. The van der Waals surface area contributed by atoms with Crippen molar-refractivity contribution in [2.24, 2.45) is 5.41 Å². The molecule has 1 N–H and O–H groups in total. The minimum Gasteiger partial charge on any atom is -0.480 e. The third kappa shape index (κ3) is 2.01. The van der Waals surface area contributed by atoms with Crippen molar-refractivity contribution >= 4 is 17.4 Å². The zero-order valence-electron chi connectivity index (χ0n) is 11.7. The number of carbonyl (C=O) groups is 1. The van der Waals surface area contributed by atoms with E-state index in [1.165, 1.54) is 0 Å². The summed E-state index contributed by atoms with van der Waals surface area (Å²) in [6.45, 7) is 4.74. The molecular formula is C14H18N4O2. The first kappa shape index (κ1) is 12.9. The number of fused-ring (bicyclic) bond motifs is 1. The molecule has 0 spiro atoms. The number of aromatic nitrogens is 3. The maximum Gasteiger partial charge on any atom is 0.326 e. The Balaban J connectivity index is 2.03. The summed E-state index contributed by atoms with van der Waals surface area (Å²) in [7, 11) is 0. The Morgan fingerprint density at radius 3 is 3.00 bits per heavy atom. The van der Waals surface area contributed by atoms with E-state index < -0.39 is 12.0 Å². The lowest BCUT2D eigenvalue weighted by Gasteiger charge is -2.44. The van der Waals surface area contributed by atoms with Gasteiger partial charge in [0.25, 0.3) is 0 Å². The van der Waals surface area contributed by atoms with Gasteiger partial charge in [0.2, 0.25) is 0 Å². The van der Waals surface area contributed by atoms with Gasteiger partial charge in [-0.3, -0.25) is 0 Å². The highest BCUT2D eigenvalue weighted by Gasteiger charge is 2.43. The van der Waals surface area contributed by atoms with Crippen LogP contribution in [0.25, 0.3) is 5.65 Å². The smallest absolute Gasteiger partial charge is 0.326 e. The molecule has 2 aromatic heterocycles. The number of aliphatic carboxylic acids is 1. The van der Waals surface area contributed by atoms with Crippen LogP contribution >= 0.6 is 0 Å². The first-order valence-electron chi connectivity index (χ1n) is 6.79. The van der Waals surface area contributed by atoms with Gasteiger partial charge in [-0.1, -0.05) is 13.8 Å². The van der Waals surface area contributed by atoms with E-state index in [4.69, 9.17) is 0 Å². The first-order valence-corrected chi connectivity index (χ1v) is 6.79. The quantitative estimate of drug-likeness (QED) is 0.904. The van der Waals surface area contributed by atoms with E-state index in [-0.39, 0.29) is 5.41 Å². The number of carboxylic acids is 1. The molecule has 3 heterocycles. The van der Waals surface area contributed by atoms with Crippen molar-refractivity contribution in [3.63, 3.8) is 0 Å². The van der Waals surface area contributed by atoms with Crippen LogP contribution < -0.4 is 4.90 Å². The number of rotatable bonds is 2. The maximum absolute atomic E-state index is 11.7. The Labute approximate surface area is 117 Å². The monoisotopic (exact) mass is 274 g/mol. The molecule has 3 rings (SSSR count). The Morgan fingerprint density at radius 1 is 1.45 bits per heavy atom. The van der Waals surface area contributed by atoms with Crippen molar-refractivity contribution in [1.29, 1.82) is 0 Å². The molecule has 1 aliphatic heterocycles. The Morgan fingerprint density at radius 2 is 2.25 bits per heavy atom. The second-order valence-corrected chi connectivity index (χ2v) is 5.95. The molecule has 1 saturated heterocycles. The lowest BCUT2D eigenvalue weighted by Crippen LogP contribution is -2.54. The molecule has 6 nitrogen and oxygen atoms in total. The molecule has 1 unspecified atom stereocenters. The molecule has 1 aliphatic rings. The van der Waals surface area contributed by atoms with E-state index >= 15 is 0 Å². The second-order valence-electron chi connectivity index (χ2n) is 5.95. The maximum atomic E-state index is 11.7. The standard InChI is InChI=1S/C14H18N4O2/c1-14(2)6-3-8-17(12(14)13(19)20)10-5-9-18-11(16-10)4-7-15-18/h4-5,7,9,12H,3,6,8H2,1-2H3,(H,19,20). The fraction of sp³-hybridized carbons (Fsp3) is 0.500. The number of nitrogens with zero attached hydrogens (tertiary/aromatic N) is 4. The minimum atomic E-state index is -0.787. The normalized spacial score (nSPS) is 22.1. The van der Waals surface area contributed by atoms with Crippen molar-refractivity contribution in [1.82, 2.24) is 14.6 Å². The summed E-state index contributed by atoms with van der Waals surface area (Å²) in [6, 6.07) is 3.10. The highest BCUT2D eigenvalue weighted by molar-refractivity contribution is 5.79. The molecule has 0 aliphatic carbocycles. The predicted octanol–water partition coefficient (Wildman–Crippen LogP) is 1.81. The summed E-state index contributed by atoms with van der Waals surface area (Å²) >= 11 is 0. The average Bonchev–Trinajstić information content (AvgIpc) is 2.83. The van der Waals surface area contributed by atoms with Crippen molar-refractivity contribution in [3.05, 3.63) is 24.5 Å². The largest absolute Gasteiger partial charge is 0.480 e. The van der Waals surface area contributed by atoms with Crippen LogP contribution in [-0.4, -0.2) is 38.3 Å². The Hall–Kier alpha value is -2.11. The SMILES string of the molecule is CC1(C)CCCN(c2ccn3nccc3n2)C1C(=O)O. The van der Waals surface area contributed by atoms with Crippen LogP contribution in [-0.2, 0) is 4.79 Å². The zero-order valence-corrected chi connectivity index (χ0v) is 11.7. The van der Waals surface area contributed by atoms with Gasteiger partial charge >= 0.3 is 5.97 Å². The zero-order chi connectivity index (χ0) is 14.3. The van der Waals surface area contributed by atoms with E-state index in [2.05, 4.69) is 10.1 Å². The fourth-order valence-electron chi connectivity index (χ4n) is 3.07. The third-order valence-electron chi connectivity index (χ3n) is 4.04. The Kier molecular flexibility index (Phi) is 2.88. The van der Waals surface area contributed by atoms with Crippen molar-refractivity contribution in [2.45, 2.75) is 32.7 Å². The molecule has 106 valence electrons. The van der Waals surface area contributed by atoms with Crippen LogP contribution in [0, 0.1) is 5.41 Å². The summed E-state index contributed by atoms with van der Waals surface area (Å²) < 4.78 is 1.67. The van der Waals surface area contributed by atoms with E-state index in [1.54, 1.807) is 10.7 Å². The van der Waals surface area contributed by atoms with Crippen molar-refractivity contribution in [2.75, 3.05) is 11.4 Å². The third-order valence-corrected chi connectivity index (χ3v) is 4.04. The van der Waals surface area contributed by atoms with Gasteiger partial charge in [-0.15, -0.1) is 0 Å². The number of piperidine rings is 1. The summed E-state index contributed by atoms with van der Waals surface area (Å²) in [5.41, 5.74) is 0.466. The fourth-order valence-corrected chi connectivity index (χ4v) is 3.07. The first-order chi connectivity index (χ1) is 9.49. The number of carboxylic acid groups (broad SMARTS) is 1. The lowest BCUT2D eigenvalue weighted by atomic mass is 9.76. The number of anilines is 1. The van der Waals surface area contributed by atoms with E-state index in [9.17, 15) is 9.90 Å². The van der Waals surface area contributed by atoms with Gasteiger partial charge in [0.15, 0.2) is 5.65 Å². The topological polar surface area (TPSA) is 70.7 Å². The van der Waals surface area contributed by atoms with Crippen LogP contribution in [0.15, 0.2) is 24.5 Å². The lowest BCUT2D eigenvalue weighted by molar-refractivity contribution is -0.142. The molecule has 20 heavy (non-hydrogen) atoms. The molecule has 1 fully saturated rings. The van der Waals surface area contributed by atoms with Gasteiger partial charge in [-0.05, 0) is 24.3 Å². The molecule has 0 aromatic carbocycles. The van der Waals surface area contributed by atoms with Crippen LogP contribution in [0.3, 0.4) is 0 Å². The Bertz CT molecular complexity index is 649.